The molecule has 2 fully saturated rings. The summed E-state index contributed by atoms with van der Waals surface area (Å²) in [6.45, 7) is 9.85. The van der Waals surface area contributed by atoms with E-state index in [4.69, 9.17) is 21.3 Å². The van der Waals surface area contributed by atoms with Gasteiger partial charge in [0.1, 0.15) is 12.4 Å². The monoisotopic (exact) mass is 573 g/mol. The molecule has 3 heterocycles. The quantitative estimate of drug-likeness (QED) is 0.337. The second-order valence-corrected chi connectivity index (χ2v) is 8.72. The molecule has 0 aliphatic carbocycles. The molecule has 1 N–H and O–H groups in total. The number of aromatic nitrogens is 3. The number of aryl methyl sites for hydroxylation is 2. The van der Waals surface area contributed by atoms with Gasteiger partial charge in [0.05, 0.1) is 6.10 Å². The molecule has 2 aromatic rings. The normalized spacial score (nSPS) is 19.2. The zero-order valence-electron chi connectivity index (χ0n) is 19.1. The third kappa shape index (κ3) is 6.05. The molecule has 2 aliphatic rings. The first-order valence-corrected chi connectivity index (χ1v) is 11.4. The number of hydrogen-bond acceptors (Lipinski definition) is 5. The lowest BCUT2D eigenvalue weighted by molar-refractivity contribution is 0.113. The van der Waals surface area contributed by atoms with E-state index in [-0.39, 0.29) is 30.1 Å². The molecular formula is C22H33ClIN7O. The molecule has 0 bridgehead atoms. The first-order valence-electron chi connectivity index (χ1n) is 11.0. The number of aliphatic imine (C=N–C) groups is 1. The Balaban J connectivity index is 0.00000289. The van der Waals surface area contributed by atoms with Crippen molar-refractivity contribution in [1.29, 1.82) is 0 Å². The topological polar surface area (TPSA) is 70.8 Å². The van der Waals surface area contributed by atoms with E-state index in [9.17, 15) is 0 Å². The smallest absolute Gasteiger partial charge is 0.194 e. The summed E-state index contributed by atoms with van der Waals surface area (Å²) in [5.41, 5.74) is 2.47. The largest absolute Gasteiger partial charge is 0.376 e. The van der Waals surface area contributed by atoms with Gasteiger partial charge in [-0.2, -0.15) is 0 Å². The van der Waals surface area contributed by atoms with Crippen LogP contribution in [-0.4, -0.2) is 71.1 Å². The van der Waals surface area contributed by atoms with Crippen LogP contribution in [0.25, 0.3) is 0 Å². The molecule has 1 atom stereocenters. The Labute approximate surface area is 212 Å². The maximum atomic E-state index is 6.24. The van der Waals surface area contributed by atoms with Gasteiger partial charge in [-0.1, -0.05) is 17.7 Å². The highest BCUT2D eigenvalue weighted by Gasteiger charge is 2.23. The fourth-order valence-corrected chi connectivity index (χ4v) is 4.26. The van der Waals surface area contributed by atoms with Gasteiger partial charge >= 0.3 is 0 Å². The van der Waals surface area contributed by atoms with E-state index in [2.05, 4.69) is 44.4 Å². The second-order valence-electron chi connectivity index (χ2n) is 8.28. The van der Waals surface area contributed by atoms with E-state index in [1.54, 1.807) is 0 Å². The Morgan fingerprint density at radius 1 is 1.22 bits per heavy atom. The Kier molecular flexibility index (Phi) is 9.01. The van der Waals surface area contributed by atoms with Crippen LogP contribution in [0.5, 0.6) is 0 Å². The van der Waals surface area contributed by atoms with Crippen molar-refractivity contribution >= 4 is 47.2 Å². The highest BCUT2D eigenvalue weighted by atomic mass is 127. The minimum Gasteiger partial charge on any atom is -0.376 e. The van der Waals surface area contributed by atoms with E-state index in [0.717, 1.165) is 74.8 Å². The van der Waals surface area contributed by atoms with Gasteiger partial charge in [0.15, 0.2) is 11.8 Å². The van der Waals surface area contributed by atoms with E-state index in [1.807, 2.05) is 24.6 Å². The third-order valence-electron chi connectivity index (χ3n) is 6.16. The van der Waals surface area contributed by atoms with Gasteiger partial charge in [-0.05, 0) is 44.4 Å². The number of rotatable bonds is 5. The summed E-state index contributed by atoms with van der Waals surface area (Å²) in [7, 11) is 1.98. The van der Waals surface area contributed by atoms with Crippen LogP contribution in [0.1, 0.15) is 30.1 Å². The molecule has 0 spiro atoms. The minimum atomic E-state index is 0. The molecule has 4 rings (SSSR count). The van der Waals surface area contributed by atoms with Gasteiger partial charge in [0.2, 0.25) is 0 Å². The SMILES string of the molecule is Cc1ccc(Cl)cc1N1CCN(C(=NCc2nnc(C)n2C)NCC2CCCO2)CC1.I. The molecule has 1 aromatic carbocycles. The number of halogens is 2. The summed E-state index contributed by atoms with van der Waals surface area (Å²) >= 11 is 6.24. The summed E-state index contributed by atoms with van der Waals surface area (Å²) in [6, 6.07) is 6.10. The average molecular weight is 574 g/mol. The molecule has 176 valence electrons. The molecule has 1 aromatic heterocycles. The Hall–Kier alpha value is -1.59. The fraction of sp³-hybridized carbons (Fsp3) is 0.591. The molecule has 0 amide bonds. The summed E-state index contributed by atoms with van der Waals surface area (Å²) in [4.78, 5) is 9.63. The van der Waals surface area contributed by atoms with Crippen molar-refractivity contribution in [2.24, 2.45) is 12.0 Å². The van der Waals surface area contributed by atoms with Crippen LogP contribution in [0, 0.1) is 13.8 Å². The van der Waals surface area contributed by atoms with Crippen LogP contribution >= 0.6 is 35.6 Å². The van der Waals surface area contributed by atoms with Gasteiger partial charge in [-0.3, -0.25) is 0 Å². The van der Waals surface area contributed by atoms with Crippen molar-refractivity contribution in [2.75, 3.05) is 44.2 Å². The molecule has 1 unspecified atom stereocenters. The molecule has 2 saturated heterocycles. The number of piperazine rings is 1. The third-order valence-corrected chi connectivity index (χ3v) is 6.39. The Morgan fingerprint density at radius 2 is 2.00 bits per heavy atom. The zero-order chi connectivity index (χ0) is 21.8. The molecule has 0 radical (unpaired) electrons. The van der Waals surface area contributed by atoms with Crippen LogP contribution < -0.4 is 10.2 Å². The highest BCUT2D eigenvalue weighted by molar-refractivity contribution is 14.0. The van der Waals surface area contributed by atoms with Crippen LogP contribution in [0.4, 0.5) is 5.69 Å². The van der Waals surface area contributed by atoms with E-state index >= 15 is 0 Å². The van der Waals surface area contributed by atoms with E-state index in [1.165, 1.54) is 11.3 Å². The predicted octanol–water partition coefficient (Wildman–Crippen LogP) is 3.15. The van der Waals surface area contributed by atoms with E-state index in [0.29, 0.717) is 6.54 Å². The number of nitrogens with one attached hydrogen (secondary N) is 1. The number of hydrogen-bond donors (Lipinski definition) is 1. The molecule has 0 saturated carbocycles. The lowest BCUT2D eigenvalue weighted by Gasteiger charge is -2.38. The lowest BCUT2D eigenvalue weighted by atomic mass is 10.1. The van der Waals surface area contributed by atoms with Crippen molar-refractivity contribution in [3.8, 4) is 0 Å². The summed E-state index contributed by atoms with van der Waals surface area (Å²) in [6.07, 6.45) is 2.50. The number of benzene rings is 1. The summed E-state index contributed by atoms with van der Waals surface area (Å²) < 4.78 is 7.78. The number of anilines is 1. The maximum absolute atomic E-state index is 6.24. The van der Waals surface area contributed by atoms with Gasteiger partial charge < -0.3 is 24.4 Å². The average Bonchev–Trinajstić information content (AvgIpc) is 3.41. The fourth-order valence-electron chi connectivity index (χ4n) is 4.09. The van der Waals surface area contributed by atoms with Gasteiger partial charge in [-0.25, -0.2) is 4.99 Å². The van der Waals surface area contributed by atoms with Gasteiger partial charge in [0.25, 0.3) is 0 Å². The first kappa shape index (κ1) is 25.0. The molecule has 32 heavy (non-hydrogen) atoms. The summed E-state index contributed by atoms with van der Waals surface area (Å²) in [5.74, 6) is 2.67. The van der Waals surface area contributed by atoms with Crippen molar-refractivity contribution in [3.63, 3.8) is 0 Å². The highest BCUT2D eigenvalue weighted by Crippen LogP contribution is 2.25. The lowest BCUT2D eigenvalue weighted by Crippen LogP contribution is -2.53. The molecular weight excluding hydrogens is 541 g/mol. The maximum Gasteiger partial charge on any atom is 0.194 e. The minimum absolute atomic E-state index is 0. The van der Waals surface area contributed by atoms with Gasteiger partial charge in [0, 0.05) is 57.1 Å². The molecule has 2 aliphatic heterocycles. The molecule has 8 nitrogen and oxygen atoms in total. The van der Waals surface area contributed by atoms with Crippen LogP contribution in [0.2, 0.25) is 5.02 Å². The van der Waals surface area contributed by atoms with Crippen LogP contribution in [0.15, 0.2) is 23.2 Å². The first-order chi connectivity index (χ1) is 15.0. The van der Waals surface area contributed by atoms with Crippen molar-refractivity contribution in [1.82, 2.24) is 25.0 Å². The van der Waals surface area contributed by atoms with Crippen molar-refractivity contribution in [2.45, 2.75) is 39.3 Å². The number of guanidine groups is 1. The van der Waals surface area contributed by atoms with Gasteiger partial charge in [-0.15, -0.1) is 34.2 Å². The number of ether oxygens (including phenoxy) is 1. The second kappa shape index (κ2) is 11.5. The number of nitrogens with zero attached hydrogens (tertiary/aromatic N) is 6. The molecule has 10 heteroatoms. The van der Waals surface area contributed by atoms with E-state index < -0.39 is 0 Å². The van der Waals surface area contributed by atoms with Crippen molar-refractivity contribution in [3.05, 3.63) is 40.4 Å². The van der Waals surface area contributed by atoms with Crippen LogP contribution in [0.3, 0.4) is 0 Å². The van der Waals surface area contributed by atoms with Crippen molar-refractivity contribution < 1.29 is 4.74 Å². The summed E-state index contributed by atoms with van der Waals surface area (Å²) in [5, 5.41) is 12.7. The predicted molar refractivity (Wildman–Crippen MR) is 139 cm³/mol. The standard InChI is InChI=1S/C22H32ClN7O.HI/c1-16-6-7-18(23)13-20(16)29-8-10-30(11-9-29)22(24-14-19-5-4-12-31-19)25-15-21-27-26-17(2)28(21)3;/h6-7,13,19H,4-5,8-12,14-15H2,1-3H3,(H,24,25);1H. The Bertz CT molecular complexity index is 921. The Morgan fingerprint density at radius 3 is 2.66 bits per heavy atom. The van der Waals surface area contributed by atoms with Crippen LogP contribution in [-0.2, 0) is 18.3 Å². The zero-order valence-corrected chi connectivity index (χ0v) is 22.1.